The largest absolute Gasteiger partial charge is 0.497 e. The number of hydrogen-bond acceptors (Lipinski definition) is 2. The van der Waals surface area contributed by atoms with Crippen molar-refractivity contribution in [1.29, 1.82) is 0 Å². The third-order valence-electron chi connectivity index (χ3n) is 4.74. The van der Waals surface area contributed by atoms with Crippen molar-refractivity contribution in [2.75, 3.05) is 19.0 Å². The number of anilines is 1. The maximum Gasteiger partial charge on any atom is 0.174 e. The van der Waals surface area contributed by atoms with Crippen molar-refractivity contribution in [3.05, 3.63) is 84.2 Å². The molecule has 0 aliphatic carbocycles. The van der Waals surface area contributed by atoms with Gasteiger partial charge in [-0.3, -0.25) is 0 Å². The first-order valence-electron chi connectivity index (χ1n) is 8.68. The van der Waals surface area contributed by atoms with Gasteiger partial charge in [0.2, 0.25) is 0 Å². The van der Waals surface area contributed by atoms with Crippen LogP contribution >= 0.6 is 12.2 Å². The summed E-state index contributed by atoms with van der Waals surface area (Å²) in [7, 11) is 1.67. The van der Waals surface area contributed by atoms with Gasteiger partial charge in [0.05, 0.1) is 13.2 Å². The molecule has 1 N–H and O–H groups in total. The van der Waals surface area contributed by atoms with Crippen LogP contribution in [-0.4, -0.2) is 28.2 Å². The van der Waals surface area contributed by atoms with Crippen molar-refractivity contribution in [2.45, 2.75) is 12.6 Å². The second kappa shape index (κ2) is 7.22. The van der Waals surface area contributed by atoms with E-state index in [9.17, 15) is 0 Å². The minimum atomic E-state index is 0.102. The average Bonchev–Trinajstić information content (AvgIpc) is 3.16. The van der Waals surface area contributed by atoms with Gasteiger partial charge in [-0.15, -0.1) is 0 Å². The van der Waals surface area contributed by atoms with Gasteiger partial charge in [-0.25, -0.2) is 0 Å². The van der Waals surface area contributed by atoms with Crippen LogP contribution in [0.1, 0.15) is 17.3 Å². The number of fused-ring (bicyclic) bond motifs is 1. The molecular weight excluding hydrogens is 342 g/mol. The number of nitrogens with zero attached hydrogens (tertiary/aromatic N) is 2. The Morgan fingerprint density at radius 1 is 1.04 bits per heavy atom. The highest BCUT2D eigenvalue weighted by Gasteiger charge is 2.30. The van der Waals surface area contributed by atoms with Crippen molar-refractivity contribution in [3.8, 4) is 5.75 Å². The first-order chi connectivity index (χ1) is 12.8. The Labute approximate surface area is 159 Å². The third-order valence-corrected chi connectivity index (χ3v) is 5.07. The number of aromatic nitrogens is 1. The van der Waals surface area contributed by atoms with E-state index in [1.165, 1.54) is 11.3 Å². The molecule has 0 fully saturated rings. The molecule has 1 atom stereocenters. The number of ether oxygens (including phenoxy) is 1. The maximum absolute atomic E-state index is 5.78. The van der Waals surface area contributed by atoms with E-state index in [0.717, 1.165) is 29.6 Å². The van der Waals surface area contributed by atoms with Gasteiger partial charge in [0.1, 0.15) is 5.75 Å². The van der Waals surface area contributed by atoms with E-state index in [0.29, 0.717) is 0 Å². The lowest BCUT2D eigenvalue weighted by molar-refractivity contribution is 0.293. The summed E-state index contributed by atoms with van der Waals surface area (Å²) in [4.78, 5) is 2.26. The van der Waals surface area contributed by atoms with E-state index in [-0.39, 0.29) is 6.04 Å². The standard InChI is InChI=1S/C21H21N3OS/c1-25-18-10-5-9-17(15-18)22-21(26)24-14-13-23-12-6-11-19(23)20(24)16-7-3-2-4-8-16/h2-12,15,20H,13-14H2,1H3,(H,22,26)/t20-/m1/s1. The average molecular weight is 363 g/mol. The number of benzene rings is 2. The number of hydrogen-bond donors (Lipinski definition) is 1. The topological polar surface area (TPSA) is 29.4 Å². The molecular formula is C21H21N3OS. The van der Waals surface area contributed by atoms with Gasteiger partial charge in [0, 0.05) is 36.7 Å². The minimum absolute atomic E-state index is 0.102. The molecule has 4 nitrogen and oxygen atoms in total. The van der Waals surface area contributed by atoms with Crippen molar-refractivity contribution < 1.29 is 4.74 Å². The molecule has 1 aromatic heterocycles. The van der Waals surface area contributed by atoms with Crippen LogP contribution in [0.5, 0.6) is 5.75 Å². The summed E-state index contributed by atoms with van der Waals surface area (Å²) >= 11 is 5.78. The molecule has 0 bridgehead atoms. The molecule has 0 spiro atoms. The van der Waals surface area contributed by atoms with E-state index in [4.69, 9.17) is 17.0 Å². The van der Waals surface area contributed by atoms with E-state index in [1.807, 2.05) is 30.3 Å². The molecule has 0 unspecified atom stereocenters. The summed E-state index contributed by atoms with van der Waals surface area (Å²) in [6.45, 7) is 1.78. The first-order valence-corrected chi connectivity index (χ1v) is 9.09. The monoisotopic (exact) mass is 363 g/mol. The van der Waals surface area contributed by atoms with Gasteiger partial charge in [0.25, 0.3) is 0 Å². The molecule has 1 aliphatic heterocycles. The Kier molecular flexibility index (Phi) is 4.63. The minimum Gasteiger partial charge on any atom is -0.497 e. The van der Waals surface area contributed by atoms with E-state index in [2.05, 4.69) is 57.4 Å². The lowest BCUT2D eigenvalue weighted by Crippen LogP contribution is -2.44. The lowest BCUT2D eigenvalue weighted by atomic mass is 10.0. The Hall–Kier alpha value is -2.79. The summed E-state index contributed by atoms with van der Waals surface area (Å²) < 4.78 is 7.62. The second-order valence-electron chi connectivity index (χ2n) is 6.30. The summed E-state index contributed by atoms with van der Waals surface area (Å²) in [5.41, 5.74) is 3.43. The molecule has 0 radical (unpaired) electrons. The summed E-state index contributed by atoms with van der Waals surface area (Å²) in [6, 6.07) is 22.7. The molecule has 132 valence electrons. The SMILES string of the molecule is COc1cccc(NC(=S)N2CCn3cccc3[C@H]2c2ccccc2)c1. The van der Waals surface area contributed by atoms with E-state index < -0.39 is 0 Å². The fourth-order valence-corrected chi connectivity index (χ4v) is 3.80. The molecule has 0 saturated carbocycles. The molecule has 1 aliphatic rings. The molecule has 2 aromatic carbocycles. The second-order valence-corrected chi connectivity index (χ2v) is 6.68. The summed E-state index contributed by atoms with van der Waals surface area (Å²) in [5.74, 6) is 0.810. The van der Waals surface area contributed by atoms with Crippen LogP contribution in [0, 0.1) is 0 Å². The zero-order chi connectivity index (χ0) is 17.9. The van der Waals surface area contributed by atoms with E-state index >= 15 is 0 Å². The summed E-state index contributed by atoms with van der Waals surface area (Å²) in [5, 5.41) is 4.10. The number of nitrogens with one attached hydrogen (secondary N) is 1. The molecule has 2 heterocycles. The van der Waals surface area contributed by atoms with Crippen LogP contribution in [0.3, 0.4) is 0 Å². The Bertz CT molecular complexity index is 906. The fraction of sp³-hybridized carbons (Fsp3) is 0.190. The molecule has 4 rings (SSSR count). The number of thiocarbonyl (C=S) groups is 1. The van der Waals surface area contributed by atoms with Crippen molar-refractivity contribution in [3.63, 3.8) is 0 Å². The quantitative estimate of drug-likeness (QED) is 0.703. The van der Waals surface area contributed by atoms with E-state index in [1.54, 1.807) is 7.11 Å². The third kappa shape index (κ3) is 3.18. The smallest absolute Gasteiger partial charge is 0.174 e. The van der Waals surface area contributed by atoms with Gasteiger partial charge in [-0.05, 0) is 42.0 Å². The number of methoxy groups -OCH3 is 1. The van der Waals surface area contributed by atoms with Crippen molar-refractivity contribution in [2.24, 2.45) is 0 Å². The maximum atomic E-state index is 5.78. The Morgan fingerprint density at radius 3 is 2.69 bits per heavy atom. The molecule has 0 amide bonds. The van der Waals surface area contributed by atoms with Crippen LogP contribution in [0.15, 0.2) is 72.9 Å². The highest BCUT2D eigenvalue weighted by atomic mass is 32.1. The van der Waals surface area contributed by atoms with Crippen molar-refractivity contribution >= 4 is 23.0 Å². The fourth-order valence-electron chi connectivity index (χ4n) is 3.48. The first kappa shape index (κ1) is 16.7. The number of rotatable bonds is 3. The van der Waals surface area contributed by atoms with Crippen LogP contribution in [-0.2, 0) is 6.54 Å². The van der Waals surface area contributed by atoms with Crippen LogP contribution in [0.4, 0.5) is 5.69 Å². The van der Waals surface area contributed by atoms with Crippen molar-refractivity contribution in [1.82, 2.24) is 9.47 Å². The lowest BCUT2D eigenvalue weighted by Gasteiger charge is -2.39. The molecule has 5 heteroatoms. The Morgan fingerprint density at radius 2 is 1.88 bits per heavy atom. The highest BCUT2D eigenvalue weighted by molar-refractivity contribution is 7.80. The predicted molar refractivity (Wildman–Crippen MR) is 109 cm³/mol. The van der Waals surface area contributed by atoms with Gasteiger partial charge < -0.3 is 19.5 Å². The van der Waals surface area contributed by atoms with Crippen LogP contribution < -0.4 is 10.1 Å². The molecule has 0 saturated heterocycles. The Balaban J connectivity index is 1.64. The summed E-state index contributed by atoms with van der Waals surface area (Å²) in [6.07, 6.45) is 2.14. The van der Waals surface area contributed by atoms with Gasteiger partial charge in [-0.2, -0.15) is 0 Å². The molecule has 3 aromatic rings. The predicted octanol–water partition coefficient (Wildman–Crippen LogP) is 4.30. The molecule has 26 heavy (non-hydrogen) atoms. The normalized spacial score (nSPS) is 16.0. The van der Waals surface area contributed by atoms with Gasteiger partial charge in [-0.1, -0.05) is 36.4 Å². The van der Waals surface area contributed by atoms with Gasteiger partial charge >= 0.3 is 0 Å². The zero-order valence-corrected chi connectivity index (χ0v) is 15.4. The van der Waals surface area contributed by atoms with Crippen LogP contribution in [0.25, 0.3) is 0 Å². The van der Waals surface area contributed by atoms with Gasteiger partial charge in [0.15, 0.2) is 5.11 Å². The highest BCUT2D eigenvalue weighted by Crippen LogP contribution is 2.33. The van der Waals surface area contributed by atoms with Crippen LogP contribution in [0.2, 0.25) is 0 Å². The zero-order valence-electron chi connectivity index (χ0n) is 14.6.